The van der Waals surface area contributed by atoms with Gasteiger partial charge in [0.15, 0.2) is 5.65 Å². The van der Waals surface area contributed by atoms with Gasteiger partial charge in [-0.2, -0.15) is 4.98 Å². The predicted molar refractivity (Wildman–Crippen MR) is 108 cm³/mol. The van der Waals surface area contributed by atoms with Gasteiger partial charge in [0.05, 0.1) is 23.3 Å². The van der Waals surface area contributed by atoms with Crippen molar-refractivity contribution in [3.05, 3.63) is 76.9 Å². The van der Waals surface area contributed by atoms with Gasteiger partial charge in [0.25, 0.3) is 0 Å². The molecule has 5 aromatic rings. The van der Waals surface area contributed by atoms with E-state index in [1.165, 1.54) is 0 Å². The van der Waals surface area contributed by atoms with Gasteiger partial charge >= 0.3 is 5.69 Å². The Bertz CT molecular complexity index is 1430. The van der Waals surface area contributed by atoms with E-state index in [1.54, 1.807) is 17.1 Å². The minimum absolute atomic E-state index is 0.0871. The number of hydrogen-bond acceptors (Lipinski definition) is 5. The van der Waals surface area contributed by atoms with Crippen LogP contribution < -0.4 is 5.69 Å². The van der Waals surface area contributed by atoms with Crippen molar-refractivity contribution in [3.63, 3.8) is 0 Å². The Morgan fingerprint density at radius 1 is 1.07 bits per heavy atom. The second-order valence-corrected chi connectivity index (χ2v) is 7.26. The Kier molecular flexibility index (Phi) is 3.40. The number of fused-ring (bicyclic) bond motifs is 3. The number of nitrogens with zero attached hydrogens (tertiary/aromatic N) is 6. The van der Waals surface area contributed by atoms with E-state index in [4.69, 9.17) is 4.98 Å². The van der Waals surface area contributed by atoms with Crippen LogP contribution in [0.3, 0.4) is 0 Å². The van der Waals surface area contributed by atoms with Gasteiger partial charge in [-0.25, -0.2) is 14.8 Å². The zero-order chi connectivity index (χ0) is 19.4. The molecule has 0 radical (unpaired) electrons. The largest absolute Gasteiger partial charge is 0.328 e. The summed E-state index contributed by atoms with van der Waals surface area (Å²) in [5.41, 5.74) is 4.98. The van der Waals surface area contributed by atoms with Crippen LogP contribution in [0, 0.1) is 0 Å². The number of aromatic amines is 1. The SMILES string of the molecule is O=c1[nH]c2cnc(-n3cnc4ccccc43)nc2n1C1CCCc2ncccc21. The highest BCUT2D eigenvalue weighted by molar-refractivity contribution is 5.77. The summed E-state index contributed by atoms with van der Waals surface area (Å²) in [6.07, 6.45) is 7.98. The number of aromatic nitrogens is 7. The Hall–Kier alpha value is -3.81. The predicted octanol–water partition coefficient (Wildman–Crippen LogP) is 2.78. The molecule has 0 fully saturated rings. The molecule has 0 saturated heterocycles. The number of nitrogens with one attached hydrogen (secondary N) is 1. The lowest BCUT2D eigenvalue weighted by Crippen LogP contribution is -2.27. The fraction of sp³-hybridized carbons (Fsp3) is 0.190. The molecule has 0 spiro atoms. The van der Waals surface area contributed by atoms with E-state index in [2.05, 4.69) is 26.0 Å². The lowest BCUT2D eigenvalue weighted by molar-refractivity contribution is 0.481. The van der Waals surface area contributed by atoms with E-state index in [9.17, 15) is 4.79 Å². The van der Waals surface area contributed by atoms with E-state index in [0.29, 0.717) is 17.1 Å². The Labute approximate surface area is 164 Å². The summed E-state index contributed by atoms with van der Waals surface area (Å²) in [7, 11) is 0. The lowest BCUT2D eigenvalue weighted by Gasteiger charge is -2.25. The molecular weight excluding hydrogens is 366 g/mol. The van der Waals surface area contributed by atoms with Crippen LogP contribution in [0.15, 0.2) is 59.9 Å². The van der Waals surface area contributed by atoms with E-state index < -0.39 is 0 Å². The van der Waals surface area contributed by atoms with E-state index in [1.807, 2.05) is 41.1 Å². The molecule has 1 aliphatic carbocycles. The zero-order valence-corrected chi connectivity index (χ0v) is 15.5. The zero-order valence-electron chi connectivity index (χ0n) is 15.5. The first-order valence-corrected chi connectivity index (χ1v) is 9.63. The standard InChI is InChI=1S/C21H17N7O/c29-21-25-16-11-23-20(27-12-24-15-6-1-2-8-18(15)27)26-19(16)28(21)17-9-3-7-14-13(17)5-4-10-22-14/h1-2,4-6,8,10-12,17H,3,7,9H2,(H,25,29). The molecule has 0 aliphatic heterocycles. The number of pyridine rings is 1. The average Bonchev–Trinajstić information content (AvgIpc) is 3.33. The molecule has 142 valence electrons. The molecule has 1 unspecified atom stereocenters. The molecule has 8 heteroatoms. The number of hydrogen-bond donors (Lipinski definition) is 1. The second kappa shape index (κ2) is 6.10. The van der Waals surface area contributed by atoms with Crippen LogP contribution in [0.25, 0.3) is 28.1 Å². The molecule has 1 N–H and O–H groups in total. The summed E-state index contributed by atoms with van der Waals surface area (Å²) < 4.78 is 3.59. The molecule has 1 atom stereocenters. The number of rotatable bonds is 2. The summed E-state index contributed by atoms with van der Waals surface area (Å²) in [4.78, 5) is 33.9. The first kappa shape index (κ1) is 16.2. The highest BCUT2D eigenvalue weighted by Crippen LogP contribution is 2.32. The summed E-state index contributed by atoms with van der Waals surface area (Å²) in [6, 6.07) is 11.7. The van der Waals surface area contributed by atoms with Gasteiger partial charge in [-0.3, -0.25) is 14.1 Å². The normalized spacial score (nSPS) is 16.3. The Morgan fingerprint density at radius 2 is 2.00 bits per heavy atom. The number of benzene rings is 1. The summed E-state index contributed by atoms with van der Waals surface area (Å²) in [6.45, 7) is 0. The highest BCUT2D eigenvalue weighted by atomic mass is 16.1. The number of H-pyrrole nitrogens is 1. The van der Waals surface area contributed by atoms with Crippen LogP contribution in [0.4, 0.5) is 0 Å². The molecule has 4 aromatic heterocycles. The molecule has 1 aromatic carbocycles. The third-order valence-corrected chi connectivity index (χ3v) is 5.60. The summed E-state index contributed by atoms with van der Waals surface area (Å²) >= 11 is 0. The van der Waals surface area contributed by atoms with Crippen molar-refractivity contribution < 1.29 is 0 Å². The van der Waals surface area contributed by atoms with E-state index in [-0.39, 0.29) is 11.7 Å². The Morgan fingerprint density at radius 3 is 2.97 bits per heavy atom. The van der Waals surface area contributed by atoms with Gasteiger partial charge in [0, 0.05) is 11.9 Å². The van der Waals surface area contributed by atoms with Crippen molar-refractivity contribution in [2.75, 3.05) is 0 Å². The molecule has 0 bridgehead atoms. The van der Waals surface area contributed by atoms with Crippen molar-refractivity contribution in [1.29, 1.82) is 0 Å². The fourth-order valence-corrected chi connectivity index (χ4v) is 4.28. The highest BCUT2D eigenvalue weighted by Gasteiger charge is 2.26. The van der Waals surface area contributed by atoms with E-state index in [0.717, 1.165) is 41.6 Å². The third kappa shape index (κ3) is 2.42. The first-order valence-electron chi connectivity index (χ1n) is 9.63. The maximum Gasteiger partial charge on any atom is 0.328 e. The maximum absolute atomic E-state index is 12.9. The van der Waals surface area contributed by atoms with Crippen molar-refractivity contribution in [3.8, 4) is 5.95 Å². The van der Waals surface area contributed by atoms with E-state index >= 15 is 0 Å². The summed E-state index contributed by atoms with van der Waals surface area (Å²) in [5.74, 6) is 0.487. The van der Waals surface area contributed by atoms with Gasteiger partial charge in [0.2, 0.25) is 5.95 Å². The molecule has 0 saturated carbocycles. The van der Waals surface area contributed by atoms with Crippen LogP contribution in [-0.2, 0) is 6.42 Å². The van der Waals surface area contributed by atoms with Gasteiger partial charge < -0.3 is 4.98 Å². The van der Waals surface area contributed by atoms with Crippen molar-refractivity contribution >= 4 is 22.2 Å². The molecule has 1 aliphatic rings. The lowest BCUT2D eigenvalue weighted by atomic mass is 9.91. The second-order valence-electron chi connectivity index (χ2n) is 7.26. The Balaban J connectivity index is 1.57. The minimum Gasteiger partial charge on any atom is -0.303 e. The van der Waals surface area contributed by atoms with Gasteiger partial charge in [-0.1, -0.05) is 18.2 Å². The maximum atomic E-state index is 12.9. The molecule has 29 heavy (non-hydrogen) atoms. The molecule has 8 nitrogen and oxygen atoms in total. The number of imidazole rings is 2. The number of para-hydroxylation sites is 2. The van der Waals surface area contributed by atoms with Crippen LogP contribution in [0.1, 0.15) is 30.1 Å². The average molecular weight is 383 g/mol. The topological polar surface area (TPSA) is 94.3 Å². The van der Waals surface area contributed by atoms with Crippen LogP contribution in [0.2, 0.25) is 0 Å². The van der Waals surface area contributed by atoms with Crippen LogP contribution in [-0.4, -0.2) is 34.1 Å². The quantitative estimate of drug-likeness (QED) is 0.506. The van der Waals surface area contributed by atoms with Crippen LogP contribution in [0.5, 0.6) is 0 Å². The van der Waals surface area contributed by atoms with Gasteiger partial charge in [-0.05, 0) is 43.0 Å². The first-order chi connectivity index (χ1) is 14.3. The molecule has 0 amide bonds. The fourth-order valence-electron chi connectivity index (χ4n) is 4.28. The smallest absolute Gasteiger partial charge is 0.303 e. The molecule has 6 rings (SSSR count). The monoisotopic (exact) mass is 383 g/mol. The van der Waals surface area contributed by atoms with Crippen molar-refractivity contribution in [2.45, 2.75) is 25.3 Å². The minimum atomic E-state index is -0.177. The molecular formula is C21H17N7O. The van der Waals surface area contributed by atoms with Gasteiger partial charge in [0.1, 0.15) is 11.8 Å². The summed E-state index contributed by atoms with van der Waals surface area (Å²) in [5, 5.41) is 0. The van der Waals surface area contributed by atoms with Crippen molar-refractivity contribution in [2.24, 2.45) is 0 Å². The molecule has 4 heterocycles. The van der Waals surface area contributed by atoms with Gasteiger partial charge in [-0.15, -0.1) is 0 Å². The number of aryl methyl sites for hydroxylation is 1. The van der Waals surface area contributed by atoms with Crippen molar-refractivity contribution in [1.82, 2.24) is 34.1 Å². The van der Waals surface area contributed by atoms with Crippen LogP contribution >= 0.6 is 0 Å². The third-order valence-electron chi connectivity index (χ3n) is 5.60.